The molecule has 0 spiro atoms. The first-order valence-corrected chi connectivity index (χ1v) is 10.3. The van der Waals surface area contributed by atoms with Crippen LogP contribution in [0.5, 0.6) is 0 Å². The van der Waals surface area contributed by atoms with E-state index in [0.29, 0.717) is 0 Å². The molecule has 34 heavy (non-hydrogen) atoms. The molecule has 6 nitrogen and oxygen atoms in total. The van der Waals surface area contributed by atoms with Gasteiger partial charge in [0, 0.05) is 37.2 Å². The standard InChI is InChI=1S/3C9H7N2.Co/c3*1-2-5-9(6-3-1)11-8-4-7-10-11;/h3*1-5,7-8H;/q3*-1;+3. The van der Waals surface area contributed by atoms with Gasteiger partial charge in [-0.15, -0.1) is 18.2 Å². The van der Waals surface area contributed by atoms with Crippen molar-refractivity contribution in [3.8, 4) is 17.1 Å². The molecule has 6 rings (SSSR count). The summed E-state index contributed by atoms with van der Waals surface area (Å²) in [5, 5.41) is 12.2. The molecule has 0 aliphatic rings. The van der Waals surface area contributed by atoms with E-state index in [1.54, 1.807) is 32.6 Å². The van der Waals surface area contributed by atoms with Crippen molar-refractivity contribution in [3.63, 3.8) is 0 Å². The summed E-state index contributed by atoms with van der Waals surface area (Å²) < 4.78 is 5.33. The van der Waals surface area contributed by atoms with Crippen molar-refractivity contribution in [1.29, 1.82) is 0 Å². The van der Waals surface area contributed by atoms with Crippen molar-refractivity contribution >= 4 is 0 Å². The van der Waals surface area contributed by atoms with Crippen molar-refractivity contribution in [2.75, 3.05) is 0 Å². The molecule has 0 aliphatic heterocycles. The summed E-state index contributed by atoms with van der Waals surface area (Å²) in [4.78, 5) is 0. The summed E-state index contributed by atoms with van der Waals surface area (Å²) in [7, 11) is 0. The van der Waals surface area contributed by atoms with E-state index >= 15 is 0 Å². The monoisotopic (exact) mass is 488 g/mol. The molecule has 0 atom stereocenters. The molecule has 0 unspecified atom stereocenters. The van der Waals surface area contributed by atoms with Crippen LogP contribution in [0.3, 0.4) is 0 Å². The van der Waals surface area contributed by atoms with Crippen LogP contribution in [0.1, 0.15) is 0 Å². The largest absolute Gasteiger partial charge is 3.00 e. The Morgan fingerprint density at radius 1 is 0.441 bits per heavy atom. The molecule has 0 fully saturated rings. The molecule has 0 saturated heterocycles. The predicted molar refractivity (Wildman–Crippen MR) is 127 cm³/mol. The molecule has 0 amide bonds. The Labute approximate surface area is 209 Å². The van der Waals surface area contributed by atoms with Crippen LogP contribution in [-0.2, 0) is 16.8 Å². The van der Waals surface area contributed by atoms with Gasteiger partial charge >= 0.3 is 16.8 Å². The normalized spacial score (nSPS) is 9.53. The second-order valence-electron chi connectivity index (χ2n) is 6.60. The zero-order chi connectivity index (χ0) is 22.6. The first-order chi connectivity index (χ1) is 16.4. The molecule has 3 aromatic carbocycles. The van der Waals surface area contributed by atoms with Gasteiger partial charge < -0.3 is 0 Å². The second-order valence-corrected chi connectivity index (χ2v) is 6.60. The third-order valence-electron chi connectivity index (χ3n) is 4.33. The summed E-state index contributed by atoms with van der Waals surface area (Å²) in [6, 6.07) is 38.1. The first kappa shape index (κ1) is 24.4. The van der Waals surface area contributed by atoms with Gasteiger partial charge in [0.1, 0.15) is 0 Å². The summed E-state index contributed by atoms with van der Waals surface area (Å²) >= 11 is 0. The zero-order valence-electron chi connectivity index (χ0n) is 18.1. The SMILES string of the molecule is [Co+3].[c-]1ccccc1-n1cccn1.[c-]1ccccc1-n1cccn1.[c-]1ccccc1-n1cccn1. The molecule has 168 valence electrons. The molecular formula is C27H21CoN6. The van der Waals surface area contributed by atoms with Crippen LogP contribution in [-0.4, -0.2) is 29.3 Å². The average molecular weight is 488 g/mol. The van der Waals surface area contributed by atoms with Crippen LogP contribution in [0.25, 0.3) is 17.1 Å². The molecule has 0 aliphatic carbocycles. The van der Waals surface area contributed by atoms with Gasteiger partial charge in [0.15, 0.2) is 0 Å². The number of rotatable bonds is 3. The van der Waals surface area contributed by atoms with E-state index in [1.165, 1.54) is 0 Å². The summed E-state index contributed by atoms with van der Waals surface area (Å²) in [6.07, 6.45) is 10.9. The smallest absolute Gasteiger partial charge is 0.266 e. The maximum absolute atomic E-state index is 4.07. The Bertz CT molecular complexity index is 1100. The molecule has 0 saturated carbocycles. The first-order valence-electron chi connectivity index (χ1n) is 10.3. The number of hydrogen-bond donors (Lipinski definition) is 0. The van der Waals surface area contributed by atoms with Crippen LogP contribution in [0, 0.1) is 18.2 Å². The van der Waals surface area contributed by atoms with Gasteiger partial charge in [0.2, 0.25) is 0 Å². The van der Waals surface area contributed by atoms with Gasteiger partial charge in [-0.1, -0.05) is 0 Å². The third-order valence-corrected chi connectivity index (χ3v) is 4.33. The fourth-order valence-electron chi connectivity index (χ4n) is 2.81. The van der Waals surface area contributed by atoms with E-state index in [9.17, 15) is 0 Å². The number of aromatic nitrogens is 6. The number of para-hydroxylation sites is 3. The molecular weight excluding hydrogens is 467 g/mol. The van der Waals surface area contributed by atoms with Crippen molar-refractivity contribution in [3.05, 3.63) is 146 Å². The minimum atomic E-state index is 0. The zero-order valence-corrected chi connectivity index (χ0v) is 19.2. The summed E-state index contributed by atoms with van der Waals surface area (Å²) in [6.45, 7) is 0. The van der Waals surface area contributed by atoms with Crippen LogP contribution < -0.4 is 0 Å². The van der Waals surface area contributed by atoms with Gasteiger partial charge in [0.05, 0.1) is 0 Å². The van der Waals surface area contributed by atoms with E-state index in [-0.39, 0.29) is 16.8 Å². The molecule has 6 aromatic rings. The Morgan fingerprint density at radius 2 is 0.765 bits per heavy atom. The van der Waals surface area contributed by atoms with Crippen molar-refractivity contribution in [2.45, 2.75) is 0 Å². The van der Waals surface area contributed by atoms with Crippen molar-refractivity contribution in [2.24, 2.45) is 0 Å². The summed E-state index contributed by atoms with van der Waals surface area (Å²) in [5.74, 6) is 0. The molecule has 3 heterocycles. The predicted octanol–water partition coefficient (Wildman–Crippen LogP) is 5.01. The molecule has 7 heteroatoms. The average Bonchev–Trinajstić information content (AvgIpc) is 3.70. The topological polar surface area (TPSA) is 53.5 Å². The van der Waals surface area contributed by atoms with Gasteiger partial charge in [-0.25, -0.2) is 0 Å². The second kappa shape index (κ2) is 13.4. The number of benzene rings is 3. The minimum Gasteiger partial charge on any atom is -0.266 e. The van der Waals surface area contributed by atoms with Crippen LogP contribution in [0.4, 0.5) is 0 Å². The quantitative estimate of drug-likeness (QED) is 0.329. The summed E-state index contributed by atoms with van der Waals surface area (Å²) in [5.41, 5.74) is 2.91. The van der Waals surface area contributed by atoms with Gasteiger partial charge in [0.25, 0.3) is 0 Å². The van der Waals surface area contributed by atoms with E-state index in [2.05, 4.69) is 33.5 Å². The van der Waals surface area contributed by atoms with E-state index in [0.717, 1.165) is 17.1 Å². The van der Waals surface area contributed by atoms with Crippen molar-refractivity contribution in [1.82, 2.24) is 29.3 Å². The number of hydrogen-bond acceptors (Lipinski definition) is 3. The van der Waals surface area contributed by atoms with Gasteiger partial charge in [-0.3, -0.25) is 14.0 Å². The Balaban J connectivity index is 0.000000141. The molecule has 0 N–H and O–H groups in total. The Morgan fingerprint density at radius 3 is 0.971 bits per heavy atom. The molecule has 0 radical (unpaired) electrons. The maximum atomic E-state index is 4.07. The van der Waals surface area contributed by atoms with E-state index in [1.807, 2.05) is 110 Å². The number of nitrogens with zero attached hydrogens (tertiary/aromatic N) is 6. The van der Waals surface area contributed by atoms with Crippen LogP contribution in [0.2, 0.25) is 0 Å². The fourth-order valence-corrected chi connectivity index (χ4v) is 2.81. The third kappa shape index (κ3) is 7.16. The molecule has 0 bridgehead atoms. The maximum Gasteiger partial charge on any atom is 3.00 e. The van der Waals surface area contributed by atoms with Gasteiger partial charge in [-0.2, -0.15) is 88.1 Å². The molecule has 3 aromatic heterocycles. The Kier molecular flexibility index (Phi) is 9.61. The van der Waals surface area contributed by atoms with E-state index in [4.69, 9.17) is 0 Å². The van der Waals surface area contributed by atoms with Crippen molar-refractivity contribution < 1.29 is 16.8 Å². The van der Waals surface area contributed by atoms with E-state index < -0.39 is 0 Å². The van der Waals surface area contributed by atoms with Crippen LogP contribution in [0.15, 0.2) is 128 Å². The fraction of sp³-hybridized carbons (Fsp3) is 0. The van der Waals surface area contributed by atoms with Gasteiger partial charge in [-0.05, 0) is 35.3 Å². The minimum absolute atomic E-state index is 0. The van der Waals surface area contributed by atoms with Crippen LogP contribution >= 0.6 is 0 Å². The Hall–Kier alpha value is -4.20.